The number of hydrogen-bond acceptors (Lipinski definition) is 6. The van der Waals surface area contributed by atoms with Crippen molar-refractivity contribution in [2.45, 2.75) is 0 Å². The summed E-state index contributed by atoms with van der Waals surface area (Å²) in [6.45, 7) is 1.23. The molecule has 2 N–H and O–H groups in total. The number of hydrogen-bond donors (Lipinski definition) is 2. The second-order valence-electron chi connectivity index (χ2n) is 2.48. The Morgan fingerprint density at radius 2 is 2.07 bits per heavy atom. The number of aromatic nitrogens is 3. The lowest BCUT2D eigenvalue weighted by molar-refractivity contribution is 0.0992. The van der Waals surface area contributed by atoms with Gasteiger partial charge in [-0.1, -0.05) is 11.6 Å². The summed E-state index contributed by atoms with van der Waals surface area (Å²) in [5, 5.41) is 18.5. The zero-order valence-corrected chi connectivity index (χ0v) is 9.29. The first-order valence-corrected chi connectivity index (χ1v) is 4.98. The van der Waals surface area contributed by atoms with Crippen LogP contribution in [0.4, 0.5) is 5.82 Å². The highest BCUT2D eigenvalue weighted by atomic mass is 35.5. The zero-order valence-electron chi connectivity index (χ0n) is 7.78. The zero-order chi connectivity index (χ0) is 11.1. The van der Waals surface area contributed by atoms with Crippen molar-refractivity contribution < 1.29 is 9.84 Å². The molecule has 6 nitrogen and oxygen atoms in total. The predicted octanol–water partition coefficient (Wildman–Crippen LogP) is 0.599. The molecule has 8 heteroatoms. The Labute approximate surface area is 96.6 Å². The molecule has 0 radical (unpaired) electrons. The van der Waals surface area contributed by atoms with E-state index in [0.717, 1.165) is 0 Å². The molecule has 0 fully saturated rings. The number of halogens is 2. The maximum atomic E-state index is 8.45. The second-order valence-corrected chi connectivity index (χ2v) is 3.18. The van der Waals surface area contributed by atoms with Gasteiger partial charge >= 0.3 is 0 Å². The molecule has 84 valence electrons. The van der Waals surface area contributed by atoms with Crippen molar-refractivity contribution in [1.82, 2.24) is 15.2 Å². The first-order valence-electron chi connectivity index (χ1n) is 4.22. The van der Waals surface area contributed by atoms with E-state index in [2.05, 4.69) is 20.5 Å². The van der Waals surface area contributed by atoms with Gasteiger partial charge in [0.05, 0.1) is 19.8 Å². The van der Waals surface area contributed by atoms with E-state index in [4.69, 9.17) is 33.0 Å². The first-order chi connectivity index (χ1) is 7.24. The Kier molecular flexibility index (Phi) is 5.56. The van der Waals surface area contributed by atoms with E-state index in [0.29, 0.717) is 25.6 Å². The van der Waals surface area contributed by atoms with Crippen molar-refractivity contribution in [3.63, 3.8) is 0 Å². The largest absolute Gasteiger partial charge is 0.394 e. The highest BCUT2D eigenvalue weighted by molar-refractivity contribution is 6.32. The van der Waals surface area contributed by atoms with Gasteiger partial charge in [0.2, 0.25) is 5.28 Å². The van der Waals surface area contributed by atoms with Crippen molar-refractivity contribution in [1.29, 1.82) is 0 Å². The van der Waals surface area contributed by atoms with Crippen molar-refractivity contribution in [3.8, 4) is 0 Å². The Morgan fingerprint density at radius 1 is 1.27 bits per heavy atom. The molecule has 0 unspecified atom stereocenters. The standard InChI is InChI=1S/C7H10Cl2N4O2/c8-5-6(11-7(9)13-12-5)10-1-3-15-4-2-14/h14H,1-4H2,(H,10,11,13). The molecule has 1 aromatic rings. The van der Waals surface area contributed by atoms with Gasteiger partial charge in [0, 0.05) is 6.54 Å². The van der Waals surface area contributed by atoms with Crippen LogP contribution >= 0.6 is 23.2 Å². The third-order valence-corrected chi connectivity index (χ3v) is 1.81. The van der Waals surface area contributed by atoms with Crippen molar-refractivity contribution in [2.75, 3.05) is 31.7 Å². The van der Waals surface area contributed by atoms with Crippen LogP contribution in [0.2, 0.25) is 10.4 Å². The summed E-state index contributed by atoms with van der Waals surface area (Å²) in [7, 11) is 0. The van der Waals surface area contributed by atoms with Crippen LogP contribution < -0.4 is 5.32 Å². The van der Waals surface area contributed by atoms with Crippen LogP contribution in [0, 0.1) is 0 Å². The average Bonchev–Trinajstić information content (AvgIpc) is 2.23. The predicted molar refractivity (Wildman–Crippen MR) is 56.2 cm³/mol. The van der Waals surface area contributed by atoms with E-state index >= 15 is 0 Å². The fourth-order valence-corrected chi connectivity index (χ4v) is 1.08. The Hall–Kier alpha value is -0.690. The molecule has 0 spiro atoms. The maximum absolute atomic E-state index is 8.45. The molecule has 0 bridgehead atoms. The molecular weight excluding hydrogens is 243 g/mol. The minimum atomic E-state index is 0.00163. The van der Waals surface area contributed by atoms with Gasteiger partial charge in [-0.15, -0.1) is 10.2 Å². The average molecular weight is 253 g/mol. The molecule has 0 saturated heterocycles. The molecule has 1 heterocycles. The van der Waals surface area contributed by atoms with E-state index in [1.807, 2.05) is 0 Å². The molecule has 0 saturated carbocycles. The maximum Gasteiger partial charge on any atom is 0.245 e. The summed E-state index contributed by atoms with van der Waals surface area (Å²) >= 11 is 11.2. The fraction of sp³-hybridized carbons (Fsp3) is 0.571. The van der Waals surface area contributed by atoms with Gasteiger partial charge in [-0.25, -0.2) is 0 Å². The van der Waals surface area contributed by atoms with E-state index in [1.165, 1.54) is 0 Å². The van der Waals surface area contributed by atoms with Gasteiger partial charge in [0.25, 0.3) is 0 Å². The highest BCUT2D eigenvalue weighted by Gasteiger charge is 2.04. The summed E-state index contributed by atoms with van der Waals surface area (Å²) < 4.78 is 5.02. The van der Waals surface area contributed by atoms with E-state index < -0.39 is 0 Å². The van der Waals surface area contributed by atoms with Gasteiger partial charge in [-0.3, -0.25) is 0 Å². The van der Waals surface area contributed by atoms with Gasteiger partial charge in [0.1, 0.15) is 0 Å². The Balaban J connectivity index is 2.33. The lowest BCUT2D eigenvalue weighted by Gasteiger charge is -2.06. The van der Waals surface area contributed by atoms with Crippen molar-refractivity contribution in [2.24, 2.45) is 0 Å². The van der Waals surface area contributed by atoms with Crippen molar-refractivity contribution in [3.05, 3.63) is 10.4 Å². The molecule has 1 rings (SSSR count). The fourth-order valence-electron chi connectivity index (χ4n) is 0.814. The number of rotatable bonds is 6. The lowest BCUT2D eigenvalue weighted by Crippen LogP contribution is -2.13. The molecule has 0 atom stereocenters. The molecule has 0 amide bonds. The summed E-state index contributed by atoms with van der Waals surface area (Å²) in [6, 6.07) is 0. The number of aliphatic hydroxyl groups is 1. The molecule has 0 aromatic carbocycles. The number of aliphatic hydroxyl groups excluding tert-OH is 1. The van der Waals surface area contributed by atoms with Crippen LogP contribution in [0.15, 0.2) is 0 Å². The van der Waals surface area contributed by atoms with Gasteiger partial charge in [-0.05, 0) is 11.6 Å². The normalized spacial score (nSPS) is 10.3. The molecule has 0 aliphatic heterocycles. The van der Waals surface area contributed by atoms with E-state index in [9.17, 15) is 0 Å². The molecular formula is C7H10Cl2N4O2. The van der Waals surface area contributed by atoms with Crippen molar-refractivity contribution >= 4 is 29.0 Å². The summed E-state index contributed by atoms with van der Waals surface area (Å²) in [5.41, 5.74) is 0. The Morgan fingerprint density at radius 3 is 2.80 bits per heavy atom. The summed E-state index contributed by atoms with van der Waals surface area (Å²) in [4.78, 5) is 3.83. The van der Waals surface area contributed by atoms with Crippen LogP contribution in [0.3, 0.4) is 0 Å². The van der Waals surface area contributed by atoms with E-state index in [-0.39, 0.29) is 17.0 Å². The van der Waals surface area contributed by atoms with Crippen LogP contribution in [0.1, 0.15) is 0 Å². The van der Waals surface area contributed by atoms with E-state index in [1.54, 1.807) is 0 Å². The smallest absolute Gasteiger partial charge is 0.245 e. The number of anilines is 1. The molecule has 0 aliphatic rings. The van der Waals surface area contributed by atoms with Gasteiger partial charge in [-0.2, -0.15) is 4.98 Å². The minimum absolute atomic E-state index is 0.00163. The quantitative estimate of drug-likeness (QED) is 0.722. The van der Waals surface area contributed by atoms with Gasteiger partial charge in [0.15, 0.2) is 11.0 Å². The summed E-state index contributed by atoms with van der Waals surface area (Å²) in [5.74, 6) is 0.365. The number of ether oxygens (including phenoxy) is 1. The van der Waals surface area contributed by atoms with Gasteiger partial charge < -0.3 is 15.2 Å². The third kappa shape index (κ3) is 4.57. The Bertz CT molecular complexity index is 313. The number of nitrogens with zero attached hydrogens (tertiary/aromatic N) is 3. The SMILES string of the molecule is OCCOCCNc1nc(Cl)nnc1Cl. The van der Waals surface area contributed by atoms with Crippen LogP contribution in [0.25, 0.3) is 0 Å². The highest BCUT2D eigenvalue weighted by Crippen LogP contribution is 2.15. The van der Waals surface area contributed by atoms with Crippen LogP contribution in [0.5, 0.6) is 0 Å². The number of nitrogens with one attached hydrogen (secondary N) is 1. The molecule has 1 aromatic heterocycles. The first kappa shape index (κ1) is 12.4. The topological polar surface area (TPSA) is 80.2 Å². The second kappa shape index (κ2) is 6.73. The molecule has 0 aliphatic carbocycles. The van der Waals surface area contributed by atoms with Crippen LogP contribution in [-0.2, 0) is 4.74 Å². The monoisotopic (exact) mass is 252 g/mol. The lowest BCUT2D eigenvalue weighted by atomic mass is 10.6. The molecule has 15 heavy (non-hydrogen) atoms. The van der Waals surface area contributed by atoms with Crippen LogP contribution in [-0.4, -0.2) is 46.7 Å². The summed E-state index contributed by atoms with van der Waals surface area (Å²) in [6.07, 6.45) is 0. The third-order valence-electron chi connectivity index (χ3n) is 1.39. The minimum Gasteiger partial charge on any atom is -0.394 e.